The summed E-state index contributed by atoms with van der Waals surface area (Å²) >= 11 is 2.83. The maximum Gasteiger partial charge on any atom is 0.112 e. The first-order valence-electron chi connectivity index (χ1n) is 1.56. The average molecular weight is 149 g/mol. The van der Waals surface area contributed by atoms with Crippen LogP contribution >= 0.6 is 15.9 Å². The van der Waals surface area contributed by atoms with E-state index in [4.69, 9.17) is 5.11 Å². The van der Waals surface area contributed by atoms with E-state index in [1.165, 1.54) is 0 Å². The highest BCUT2D eigenvalue weighted by Gasteiger charge is 1.77. The summed E-state index contributed by atoms with van der Waals surface area (Å²) in [5, 5.41) is 8.35. The molecule has 0 spiro atoms. The molecule has 0 bridgehead atoms. The number of halogens is 1. The largest absolute Gasteiger partial charge is 0.381 e. The first-order chi connectivity index (χ1) is 2.77. The van der Waals surface area contributed by atoms with Crippen molar-refractivity contribution in [3.63, 3.8) is 0 Å². The van der Waals surface area contributed by atoms with Gasteiger partial charge >= 0.3 is 0 Å². The van der Waals surface area contributed by atoms with E-state index >= 15 is 0 Å². The minimum atomic E-state index is -0.510. The number of aliphatic hydroxyl groups excluding tert-OH is 1. The van der Waals surface area contributed by atoms with Gasteiger partial charge < -0.3 is 5.11 Å². The Labute approximate surface area is 45.5 Å². The van der Waals surface area contributed by atoms with Crippen LogP contribution in [0.5, 0.6) is 0 Å². The van der Waals surface area contributed by atoms with Gasteiger partial charge in [0.05, 0.1) is 0 Å². The third kappa shape index (κ3) is 4.00. The van der Waals surface area contributed by atoms with Crippen molar-refractivity contribution in [2.45, 2.75) is 13.0 Å². The van der Waals surface area contributed by atoms with Gasteiger partial charge in [0.1, 0.15) is 6.10 Å². The third-order valence-corrected chi connectivity index (χ3v) is 0.492. The van der Waals surface area contributed by atoms with E-state index in [0.717, 1.165) is 0 Å². The number of hydrogen-bond acceptors (Lipinski definition) is 1. The zero-order valence-electron chi connectivity index (χ0n) is 3.40. The molecule has 2 heteroatoms. The Morgan fingerprint density at radius 1 is 1.83 bits per heavy atom. The molecule has 0 saturated carbocycles. The van der Waals surface area contributed by atoms with E-state index in [-0.39, 0.29) is 0 Å². The van der Waals surface area contributed by atoms with E-state index < -0.39 is 6.10 Å². The molecule has 0 heterocycles. The van der Waals surface area contributed by atoms with Gasteiger partial charge in [0.15, 0.2) is 0 Å². The van der Waals surface area contributed by atoms with E-state index in [9.17, 15) is 0 Å². The molecule has 0 aromatic heterocycles. The van der Waals surface area contributed by atoms with E-state index in [1.54, 1.807) is 6.92 Å². The van der Waals surface area contributed by atoms with Crippen LogP contribution in [0, 0.1) is 10.8 Å². The summed E-state index contributed by atoms with van der Waals surface area (Å²) < 4.78 is 0. The van der Waals surface area contributed by atoms with Gasteiger partial charge in [-0.05, 0) is 11.8 Å². The molecular formula is C4H5BrO. The molecule has 0 aromatic rings. The second kappa shape index (κ2) is 3.20. The van der Waals surface area contributed by atoms with E-state index in [2.05, 4.69) is 26.7 Å². The van der Waals surface area contributed by atoms with Crippen molar-refractivity contribution in [2.75, 3.05) is 0 Å². The fourth-order valence-electron chi connectivity index (χ4n) is 0.0790. The lowest BCUT2D eigenvalue weighted by atomic mass is 10.4. The van der Waals surface area contributed by atoms with Crippen LogP contribution in [0.4, 0.5) is 0 Å². The van der Waals surface area contributed by atoms with Crippen molar-refractivity contribution in [1.82, 2.24) is 0 Å². The highest BCUT2D eigenvalue weighted by atomic mass is 79.9. The molecule has 0 rings (SSSR count). The van der Waals surface area contributed by atoms with Crippen molar-refractivity contribution < 1.29 is 5.11 Å². The van der Waals surface area contributed by atoms with Gasteiger partial charge in [-0.1, -0.05) is 5.92 Å². The van der Waals surface area contributed by atoms with E-state index in [1.807, 2.05) is 0 Å². The summed E-state index contributed by atoms with van der Waals surface area (Å²) in [5.41, 5.74) is 0. The molecule has 0 amide bonds. The predicted octanol–water partition coefficient (Wildman–Crippen LogP) is 0.723. The summed E-state index contributed by atoms with van der Waals surface area (Å²) in [6, 6.07) is 0. The second-order valence-corrected chi connectivity index (χ2v) is 1.31. The molecule has 1 nitrogen and oxygen atoms in total. The van der Waals surface area contributed by atoms with E-state index in [0.29, 0.717) is 0 Å². The van der Waals surface area contributed by atoms with Gasteiger partial charge in [0.2, 0.25) is 0 Å². The van der Waals surface area contributed by atoms with Crippen LogP contribution in [0.2, 0.25) is 0 Å². The van der Waals surface area contributed by atoms with Crippen LogP contribution in [0.25, 0.3) is 0 Å². The summed E-state index contributed by atoms with van der Waals surface area (Å²) in [7, 11) is 0. The number of aliphatic hydroxyl groups is 1. The van der Waals surface area contributed by atoms with Gasteiger partial charge in [-0.2, -0.15) is 0 Å². The summed E-state index contributed by atoms with van der Waals surface area (Å²) in [6.07, 6.45) is -0.510. The minimum absolute atomic E-state index is 0.510. The standard InChI is InChI=1S/C4H5BrO/c1-4(6)2-3-5/h4,6H,1H3/t4-/m1/s1. The Morgan fingerprint density at radius 3 is 2.33 bits per heavy atom. The van der Waals surface area contributed by atoms with Gasteiger partial charge in [-0.15, -0.1) is 0 Å². The molecule has 0 aliphatic heterocycles. The Morgan fingerprint density at radius 2 is 2.33 bits per heavy atom. The molecule has 1 atom stereocenters. The number of rotatable bonds is 0. The van der Waals surface area contributed by atoms with Gasteiger partial charge in [-0.25, -0.2) is 0 Å². The van der Waals surface area contributed by atoms with Gasteiger partial charge in [0.25, 0.3) is 0 Å². The van der Waals surface area contributed by atoms with Crippen LogP contribution in [0.15, 0.2) is 0 Å². The minimum Gasteiger partial charge on any atom is -0.381 e. The Bertz CT molecular complexity index is 77.3. The maximum atomic E-state index is 8.35. The van der Waals surface area contributed by atoms with Crippen molar-refractivity contribution in [2.24, 2.45) is 0 Å². The lowest BCUT2D eigenvalue weighted by Crippen LogP contribution is -1.90. The Hall–Kier alpha value is 0. The molecule has 0 fully saturated rings. The Balaban J connectivity index is 3.20. The van der Waals surface area contributed by atoms with Crippen molar-refractivity contribution in [1.29, 1.82) is 0 Å². The maximum absolute atomic E-state index is 8.35. The molecule has 1 N–H and O–H groups in total. The highest BCUT2D eigenvalue weighted by molar-refractivity contribution is 9.12. The van der Waals surface area contributed by atoms with Crippen LogP contribution in [-0.2, 0) is 0 Å². The van der Waals surface area contributed by atoms with Crippen molar-refractivity contribution in [3.05, 3.63) is 0 Å². The SMILES string of the molecule is C[C@@H](O)C#CBr. The van der Waals surface area contributed by atoms with Crippen molar-refractivity contribution >= 4 is 15.9 Å². The van der Waals surface area contributed by atoms with Gasteiger partial charge in [0, 0.05) is 15.9 Å². The quantitative estimate of drug-likeness (QED) is 0.503. The normalized spacial score (nSPS) is 11.8. The molecule has 6 heavy (non-hydrogen) atoms. The summed E-state index contributed by atoms with van der Waals surface area (Å²) in [4.78, 5) is 2.38. The van der Waals surface area contributed by atoms with Crippen LogP contribution < -0.4 is 0 Å². The molecular weight excluding hydrogens is 144 g/mol. The molecule has 0 aromatic carbocycles. The Kier molecular flexibility index (Phi) is 3.20. The molecule has 0 unspecified atom stereocenters. The summed E-state index contributed by atoms with van der Waals surface area (Å²) in [6.45, 7) is 1.61. The monoisotopic (exact) mass is 148 g/mol. The fraction of sp³-hybridized carbons (Fsp3) is 0.500. The third-order valence-electron chi connectivity index (χ3n) is 0.263. The lowest BCUT2D eigenvalue weighted by Gasteiger charge is -1.81. The van der Waals surface area contributed by atoms with Crippen LogP contribution in [0.3, 0.4) is 0 Å². The first kappa shape index (κ1) is 6.00. The summed E-state index contributed by atoms with van der Waals surface area (Å²) in [5.74, 6) is 2.43. The molecule has 0 radical (unpaired) electrons. The zero-order valence-corrected chi connectivity index (χ0v) is 4.99. The average Bonchev–Trinajstić information content (AvgIpc) is 1.35. The molecule has 0 saturated heterocycles. The number of hydrogen-bond donors (Lipinski definition) is 1. The smallest absolute Gasteiger partial charge is 0.112 e. The highest BCUT2D eigenvalue weighted by Crippen LogP contribution is 1.74. The zero-order chi connectivity index (χ0) is 4.99. The molecule has 34 valence electrons. The molecule has 0 aliphatic carbocycles. The van der Waals surface area contributed by atoms with Crippen LogP contribution in [-0.4, -0.2) is 11.2 Å². The topological polar surface area (TPSA) is 20.2 Å². The first-order valence-corrected chi connectivity index (χ1v) is 2.36. The van der Waals surface area contributed by atoms with Crippen molar-refractivity contribution in [3.8, 4) is 10.8 Å². The van der Waals surface area contributed by atoms with Gasteiger partial charge in [-0.3, -0.25) is 0 Å². The second-order valence-electron chi connectivity index (χ2n) is 0.915. The lowest BCUT2D eigenvalue weighted by molar-refractivity contribution is 0.253. The molecule has 0 aliphatic rings. The predicted molar refractivity (Wildman–Crippen MR) is 28.4 cm³/mol. The fourth-order valence-corrected chi connectivity index (χ4v) is 0.410. The van der Waals surface area contributed by atoms with Crippen LogP contribution in [0.1, 0.15) is 6.92 Å².